The van der Waals surface area contributed by atoms with Crippen molar-refractivity contribution in [2.75, 3.05) is 7.11 Å². The first-order valence-corrected chi connectivity index (χ1v) is 8.77. The maximum atomic E-state index is 12.7. The van der Waals surface area contributed by atoms with Gasteiger partial charge in [-0.2, -0.15) is 8.42 Å². The summed E-state index contributed by atoms with van der Waals surface area (Å²) in [7, 11) is -2.85. The smallest absolute Gasteiger partial charge is 0.333 e. The van der Waals surface area contributed by atoms with Gasteiger partial charge in [-0.05, 0) is 11.8 Å². The fraction of sp³-hybridized carbons (Fsp3) is 0.929. The number of ether oxygens (including phenoxy) is 2. The topological polar surface area (TPSA) is 78.9 Å². The average molecular weight is 318 g/mol. The zero-order valence-electron chi connectivity index (χ0n) is 12.9. The van der Waals surface area contributed by atoms with Crippen molar-refractivity contribution >= 4 is 16.1 Å². The fourth-order valence-electron chi connectivity index (χ4n) is 4.63. The second-order valence-electron chi connectivity index (χ2n) is 6.91. The van der Waals surface area contributed by atoms with E-state index in [4.69, 9.17) is 13.7 Å². The lowest BCUT2D eigenvalue weighted by atomic mass is 9.65. The molecule has 2 bridgehead atoms. The summed E-state index contributed by atoms with van der Waals surface area (Å²) in [6.45, 7) is 7.89. The van der Waals surface area contributed by atoms with Crippen LogP contribution >= 0.6 is 0 Å². The Morgan fingerprint density at radius 3 is 2.24 bits per heavy atom. The van der Waals surface area contributed by atoms with Crippen LogP contribution in [0.2, 0.25) is 0 Å². The lowest BCUT2D eigenvalue weighted by Crippen LogP contribution is -2.60. The lowest BCUT2D eigenvalue weighted by molar-refractivity contribution is -0.147. The molecular formula is C14H22O6S. The molecule has 0 aliphatic carbocycles. The van der Waals surface area contributed by atoms with Crippen molar-refractivity contribution in [2.24, 2.45) is 23.7 Å². The minimum atomic E-state index is -4.06. The molecule has 0 aromatic heterocycles. The van der Waals surface area contributed by atoms with Crippen molar-refractivity contribution in [1.29, 1.82) is 0 Å². The SMILES string of the molecule is COC(=O)C12C3OC(C(C(C)C)C3OS1(=O)=O)C2C(C)C. The number of rotatable bonds is 3. The maximum Gasteiger partial charge on any atom is 0.333 e. The first-order valence-electron chi connectivity index (χ1n) is 7.36. The molecule has 3 aliphatic rings. The summed E-state index contributed by atoms with van der Waals surface area (Å²) in [6.07, 6.45) is -1.61. The summed E-state index contributed by atoms with van der Waals surface area (Å²) in [6, 6.07) is 0. The molecule has 0 N–H and O–H groups in total. The number of carbonyl (C=O) groups is 1. The Hall–Kier alpha value is -0.660. The molecular weight excluding hydrogens is 296 g/mol. The van der Waals surface area contributed by atoms with Crippen LogP contribution in [0.25, 0.3) is 0 Å². The van der Waals surface area contributed by atoms with E-state index < -0.39 is 39.0 Å². The summed E-state index contributed by atoms with van der Waals surface area (Å²) in [5.74, 6) is -1.02. The Kier molecular flexibility index (Phi) is 3.21. The van der Waals surface area contributed by atoms with Crippen molar-refractivity contribution in [3.05, 3.63) is 0 Å². The molecule has 3 saturated heterocycles. The highest BCUT2D eigenvalue weighted by atomic mass is 32.2. The zero-order chi connectivity index (χ0) is 15.7. The van der Waals surface area contributed by atoms with E-state index >= 15 is 0 Å². The third-order valence-electron chi connectivity index (χ3n) is 5.28. The Bertz CT molecular complexity index is 568. The molecule has 3 rings (SSSR count). The van der Waals surface area contributed by atoms with Gasteiger partial charge in [0.05, 0.1) is 13.2 Å². The van der Waals surface area contributed by atoms with Crippen LogP contribution in [0.1, 0.15) is 27.7 Å². The summed E-state index contributed by atoms with van der Waals surface area (Å²) < 4.78 is 39.8. The Balaban J connectivity index is 2.21. The van der Waals surface area contributed by atoms with E-state index in [2.05, 4.69) is 0 Å². The molecule has 3 fully saturated rings. The molecule has 0 spiro atoms. The normalized spacial score (nSPS) is 46.5. The number of esters is 1. The Morgan fingerprint density at radius 2 is 1.76 bits per heavy atom. The molecule has 7 heteroatoms. The van der Waals surface area contributed by atoms with Crippen LogP contribution in [0.5, 0.6) is 0 Å². The molecule has 6 unspecified atom stereocenters. The van der Waals surface area contributed by atoms with E-state index in [1.807, 2.05) is 27.7 Å². The monoisotopic (exact) mass is 318 g/mol. The second kappa shape index (κ2) is 4.43. The molecule has 3 heterocycles. The number of hydrogen-bond donors (Lipinski definition) is 0. The van der Waals surface area contributed by atoms with Gasteiger partial charge >= 0.3 is 5.97 Å². The highest BCUT2D eigenvalue weighted by molar-refractivity contribution is 7.89. The first-order chi connectivity index (χ1) is 9.70. The van der Waals surface area contributed by atoms with Gasteiger partial charge in [-0.25, -0.2) is 0 Å². The van der Waals surface area contributed by atoms with Crippen LogP contribution in [-0.2, 0) is 28.6 Å². The second-order valence-corrected chi connectivity index (χ2v) is 8.69. The molecule has 21 heavy (non-hydrogen) atoms. The van der Waals surface area contributed by atoms with Gasteiger partial charge in [-0.1, -0.05) is 27.7 Å². The quantitative estimate of drug-likeness (QED) is 0.569. The van der Waals surface area contributed by atoms with Crippen LogP contribution in [0.4, 0.5) is 0 Å². The lowest BCUT2D eigenvalue weighted by Gasteiger charge is -2.38. The summed E-state index contributed by atoms with van der Waals surface area (Å²) in [5.41, 5.74) is 0. The number of hydrogen-bond acceptors (Lipinski definition) is 6. The van der Waals surface area contributed by atoms with Crippen LogP contribution in [0.15, 0.2) is 0 Å². The summed E-state index contributed by atoms with van der Waals surface area (Å²) in [5, 5.41) is 0. The standard InChI is InChI=1S/C14H22O6S/c1-6(2)8-10-9(7(3)4)14(13(15)18-5)12(19-10)11(8)20-21(14,16)17/h6-12H,1-5H3. The van der Waals surface area contributed by atoms with E-state index in [1.54, 1.807) is 0 Å². The molecule has 0 aromatic carbocycles. The van der Waals surface area contributed by atoms with Crippen molar-refractivity contribution in [2.45, 2.75) is 50.8 Å². The van der Waals surface area contributed by atoms with Gasteiger partial charge in [0.15, 0.2) is 0 Å². The summed E-state index contributed by atoms with van der Waals surface area (Å²) in [4.78, 5) is 12.4. The van der Waals surface area contributed by atoms with Gasteiger partial charge in [-0.3, -0.25) is 8.98 Å². The van der Waals surface area contributed by atoms with Gasteiger partial charge in [-0.15, -0.1) is 0 Å². The maximum absolute atomic E-state index is 12.7. The molecule has 3 aliphatic heterocycles. The Morgan fingerprint density at radius 1 is 1.14 bits per heavy atom. The third-order valence-corrected chi connectivity index (χ3v) is 7.25. The Labute approximate surface area is 125 Å². The molecule has 6 atom stereocenters. The molecule has 0 amide bonds. The highest BCUT2D eigenvalue weighted by Gasteiger charge is 2.83. The van der Waals surface area contributed by atoms with E-state index in [0.29, 0.717) is 0 Å². The predicted octanol–water partition coefficient (Wildman–Crippen LogP) is 0.952. The van der Waals surface area contributed by atoms with Crippen LogP contribution < -0.4 is 0 Å². The third kappa shape index (κ3) is 1.55. The summed E-state index contributed by atoms with van der Waals surface area (Å²) >= 11 is 0. The minimum Gasteiger partial charge on any atom is -0.468 e. The van der Waals surface area contributed by atoms with Crippen LogP contribution in [-0.4, -0.2) is 44.6 Å². The van der Waals surface area contributed by atoms with Crippen molar-refractivity contribution < 1.29 is 26.9 Å². The molecule has 6 nitrogen and oxygen atoms in total. The van der Waals surface area contributed by atoms with Gasteiger partial charge < -0.3 is 9.47 Å². The fourth-order valence-corrected chi connectivity index (χ4v) is 6.81. The number of carbonyl (C=O) groups excluding carboxylic acids is 1. The van der Waals surface area contributed by atoms with E-state index in [0.717, 1.165) is 0 Å². The predicted molar refractivity (Wildman–Crippen MR) is 73.9 cm³/mol. The van der Waals surface area contributed by atoms with Crippen molar-refractivity contribution in [3.8, 4) is 0 Å². The zero-order valence-corrected chi connectivity index (χ0v) is 13.7. The van der Waals surface area contributed by atoms with Crippen LogP contribution in [0.3, 0.4) is 0 Å². The van der Waals surface area contributed by atoms with Crippen molar-refractivity contribution in [1.82, 2.24) is 0 Å². The minimum absolute atomic E-state index is 0.0162. The molecule has 0 aromatic rings. The molecule has 0 saturated carbocycles. The van der Waals surface area contributed by atoms with E-state index in [-0.39, 0.29) is 23.9 Å². The first kappa shape index (κ1) is 15.2. The highest BCUT2D eigenvalue weighted by Crippen LogP contribution is 2.62. The van der Waals surface area contributed by atoms with Crippen molar-refractivity contribution in [3.63, 3.8) is 0 Å². The average Bonchev–Trinajstić information content (AvgIpc) is 2.93. The van der Waals surface area contributed by atoms with E-state index in [9.17, 15) is 13.2 Å². The number of methoxy groups -OCH3 is 1. The van der Waals surface area contributed by atoms with Gasteiger partial charge in [0.2, 0.25) is 4.75 Å². The van der Waals surface area contributed by atoms with E-state index in [1.165, 1.54) is 7.11 Å². The van der Waals surface area contributed by atoms with Gasteiger partial charge in [0.1, 0.15) is 12.2 Å². The molecule has 120 valence electrons. The molecule has 0 radical (unpaired) electrons. The number of fused-ring (bicyclic) bond motifs is 1. The van der Waals surface area contributed by atoms with Gasteiger partial charge in [0, 0.05) is 11.8 Å². The largest absolute Gasteiger partial charge is 0.468 e. The van der Waals surface area contributed by atoms with Crippen LogP contribution in [0, 0.1) is 23.7 Å². The van der Waals surface area contributed by atoms with Gasteiger partial charge in [0.25, 0.3) is 10.1 Å².